The van der Waals surface area contributed by atoms with Gasteiger partial charge in [0, 0.05) is 32.6 Å². The fraction of sp³-hybridized carbons (Fsp3) is 0.842. The first kappa shape index (κ1) is 16.9. The second kappa shape index (κ2) is 7.34. The number of aliphatic imine (C=N–C) groups is 1. The van der Waals surface area contributed by atoms with E-state index in [2.05, 4.69) is 30.4 Å². The van der Waals surface area contributed by atoms with Gasteiger partial charge in [-0.15, -0.1) is 10.2 Å². The minimum atomic E-state index is 0.601. The van der Waals surface area contributed by atoms with Crippen LogP contribution in [0.1, 0.15) is 56.6 Å². The number of fused-ring (bicyclic) bond motifs is 2. The Kier molecular flexibility index (Phi) is 4.95. The Bertz CT molecular complexity index is 621. The number of aryl methyl sites for hydroxylation is 2. The number of hydrogen-bond acceptors (Lipinski definition) is 3. The van der Waals surface area contributed by atoms with Gasteiger partial charge in [-0.2, -0.15) is 0 Å². The van der Waals surface area contributed by atoms with E-state index in [0.717, 1.165) is 49.0 Å². The van der Waals surface area contributed by atoms with Gasteiger partial charge in [0.25, 0.3) is 0 Å². The fourth-order valence-electron chi connectivity index (χ4n) is 5.16. The van der Waals surface area contributed by atoms with Crippen molar-refractivity contribution in [2.45, 2.75) is 70.9 Å². The molecule has 6 heteroatoms. The van der Waals surface area contributed by atoms with Gasteiger partial charge >= 0.3 is 0 Å². The zero-order chi connectivity index (χ0) is 17.2. The normalized spacial score (nSPS) is 32.2. The van der Waals surface area contributed by atoms with E-state index >= 15 is 0 Å². The van der Waals surface area contributed by atoms with Gasteiger partial charge in [-0.3, -0.25) is 4.99 Å². The summed E-state index contributed by atoms with van der Waals surface area (Å²) in [5.74, 6) is 5.74. The van der Waals surface area contributed by atoms with Crippen LogP contribution in [0.15, 0.2) is 4.99 Å². The molecule has 2 heterocycles. The minimum Gasteiger partial charge on any atom is -0.356 e. The Morgan fingerprint density at radius 1 is 1.16 bits per heavy atom. The summed E-state index contributed by atoms with van der Waals surface area (Å²) < 4.78 is 2.27. The van der Waals surface area contributed by atoms with Crippen LogP contribution in [0.3, 0.4) is 0 Å². The van der Waals surface area contributed by atoms with Crippen molar-refractivity contribution in [3.8, 4) is 0 Å². The molecule has 2 N–H and O–H groups in total. The monoisotopic (exact) mass is 344 g/mol. The Balaban J connectivity index is 1.26. The molecule has 2 saturated carbocycles. The Morgan fingerprint density at radius 3 is 2.92 bits per heavy atom. The third kappa shape index (κ3) is 3.67. The predicted molar refractivity (Wildman–Crippen MR) is 99.5 cm³/mol. The fourth-order valence-corrected chi connectivity index (χ4v) is 5.16. The summed E-state index contributed by atoms with van der Waals surface area (Å²) >= 11 is 0. The molecule has 25 heavy (non-hydrogen) atoms. The smallest absolute Gasteiger partial charge is 0.191 e. The molecule has 0 amide bonds. The maximum Gasteiger partial charge on any atom is 0.191 e. The number of hydrogen-bond donors (Lipinski definition) is 2. The first-order chi connectivity index (χ1) is 12.2. The molecule has 138 valence electrons. The number of nitrogens with one attached hydrogen (secondary N) is 2. The van der Waals surface area contributed by atoms with Crippen LogP contribution in [-0.2, 0) is 13.0 Å². The van der Waals surface area contributed by atoms with Gasteiger partial charge in [0.15, 0.2) is 5.96 Å². The van der Waals surface area contributed by atoms with E-state index in [0.29, 0.717) is 12.0 Å². The third-order valence-corrected chi connectivity index (χ3v) is 6.64. The summed E-state index contributed by atoms with van der Waals surface area (Å²) in [5, 5.41) is 15.7. The molecule has 2 fully saturated rings. The molecule has 0 spiro atoms. The lowest BCUT2D eigenvalue weighted by Crippen LogP contribution is -2.47. The van der Waals surface area contributed by atoms with Crippen LogP contribution >= 0.6 is 0 Å². The van der Waals surface area contributed by atoms with Gasteiger partial charge in [0.05, 0.1) is 0 Å². The van der Waals surface area contributed by atoms with E-state index in [1.165, 1.54) is 44.9 Å². The highest BCUT2D eigenvalue weighted by atomic mass is 15.3. The number of rotatable bonds is 3. The first-order valence-corrected chi connectivity index (χ1v) is 10.1. The van der Waals surface area contributed by atoms with Gasteiger partial charge in [-0.05, 0) is 50.4 Å². The highest BCUT2D eigenvalue weighted by Gasteiger charge is 2.34. The molecule has 0 aromatic carbocycles. The van der Waals surface area contributed by atoms with Crippen molar-refractivity contribution < 1.29 is 0 Å². The van der Waals surface area contributed by atoms with Crippen molar-refractivity contribution in [3.63, 3.8) is 0 Å². The van der Waals surface area contributed by atoms with Crippen LogP contribution in [0, 0.1) is 24.7 Å². The van der Waals surface area contributed by atoms with E-state index in [1.54, 1.807) is 0 Å². The molecule has 1 aromatic rings. The molecular formula is C19H32N6. The number of aromatic nitrogens is 3. The van der Waals surface area contributed by atoms with Crippen LogP contribution in [0.5, 0.6) is 0 Å². The van der Waals surface area contributed by atoms with E-state index in [1.807, 2.05) is 14.0 Å². The van der Waals surface area contributed by atoms with Gasteiger partial charge in [-0.25, -0.2) is 0 Å². The van der Waals surface area contributed by atoms with E-state index in [4.69, 9.17) is 0 Å². The average molecular weight is 345 g/mol. The van der Waals surface area contributed by atoms with Crippen LogP contribution < -0.4 is 10.6 Å². The Labute approximate surface area is 150 Å². The second-order valence-electron chi connectivity index (χ2n) is 8.24. The summed E-state index contributed by atoms with van der Waals surface area (Å²) in [6.07, 6.45) is 10.6. The van der Waals surface area contributed by atoms with Crippen LogP contribution in [0.2, 0.25) is 0 Å². The predicted octanol–water partition coefficient (Wildman–Crippen LogP) is 2.28. The zero-order valence-electron chi connectivity index (χ0n) is 15.7. The molecule has 4 unspecified atom stereocenters. The summed E-state index contributed by atoms with van der Waals surface area (Å²) in [5.41, 5.74) is 0. The van der Waals surface area contributed by atoms with Crippen LogP contribution in [0.4, 0.5) is 0 Å². The molecule has 4 rings (SSSR count). The van der Waals surface area contributed by atoms with Crippen LogP contribution in [0.25, 0.3) is 0 Å². The molecular weight excluding hydrogens is 312 g/mol. The Morgan fingerprint density at radius 2 is 2.04 bits per heavy atom. The van der Waals surface area contributed by atoms with Crippen molar-refractivity contribution in [2.24, 2.45) is 22.7 Å². The molecule has 6 nitrogen and oxygen atoms in total. The molecule has 4 atom stereocenters. The van der Waals surface area contributed by atoms with Gasteiger partial charge < -0.3 is 15.2 Å². The maximum absolute atomic E-state index is 4.47. The van der Waals surface area contributed by atoms with Gasteiger partial charge in [0.1, 0.15) is 11.6 Å². The molecule has 1 aliphatic heterocycles. The largest absolute Gasteiger partial charge is 0.356 e. The molecule has 3 aliphatic rings. The molecule has 0 saturated heterocycles. The van der Waals surface area contributed by atoms with E-state index in [9.17, 15) is 0 Å². The van der Waals surface area contributed by atoms with Crippen molar-refractivity contribution in [1.29, 1.82) is 0 Å². The number of guanidine groups is 1. The number of nitrogens with zero attached hydrogens (tertiary/aromatic N) is 4. The van der Waals surface area contributed by atoms with E-state index in [-0.39, 0.29) is 0 Å². The van der Waals surface area contributed by atoms with Crippen molar-refractivity contribution in [3.05, 3.63) is 11.6 Å². The molecule has 1 aromatic heterocycles. The summed E-state index contributed by atoms with van der Waals surface area (Å²) in [6, 6.07) is 0.601. The van der Waals surface area contributed by atoms with Gasteiger partial charge in [-0.1, -0.05) is 19.3 Å². The third-order valence-electron chi connectivity index (χ3n) is 6.64. The van der Waals surface area contributed by atoms with Crippen molar-refractivity contribution in [2.75, 3.05) is 13.6 Å². The molecule has 0 bridgehead atoms. The van der Waals surface area contributed by atoms with Crippen molar-refractivity contribution >= 4 is 5.96 Å². The van der Waals surface area contributed by atoms with Gasteiger partial charge in [0.2, 0.25) is 0 Å². The van der Waals surface area contributed by atoms with Crippen LogP contribution in [-0.4, -0.2) is 40.4 Å². The second-order valence-corrected chi connectivity index (χ2v) is 8.24. The molecule has 0 radical (unpaired) electrons. The highest BCUT2D eigenvalue weighted by molar-refractivity contribution is 5.79. The summed E-state index contributed by atoms with van der Waals surface area (Å²) in [6.45, 7) is 4.03. The lowest BCUT2D eigenvalue weighted by atomic mass is 9.79. The average Bonchev–Trinajstić information content (AvgIpc) is 3.25. The first-order valence-electron chi connectivity index (χ1n) is 10.1. The highest BCUT2D eigenvalue weighted by Crippen LogP contribution is 2.42. The minimum absolute atomic E-state index is 0.601. The summed E-state index contributed by atoms with van der Waals surface area (Å²) in [7, 11) is 1.89. The van der Waals surface area contributed by atoms with E-state index < -0.39 is 0 Å². The quantitative estimate of drug-likeness (QED) is 0.652. The lowest BCUT2D eigenvalue weighted by Gasteiger charge is -2.33. The Hall–Kier alpha value is -1.59. The molecule has 2 aliphatic carbocycles. The summed E-state index contributed by atoms with van der Waals surface area (Å²) in [4.78, 5) is 4.47. The topological polar surface area (TPSA) is 67.1 Å². The maximum atomic E-state index is 4.47. The SMILES string of the molecule is CN=C(NCC1CCc2nnc(C)n2C1)NC1CCC2CCCC2C1. The zero-order valence-corrected chi connectivity index (χ0v) is 15.7. The lowest BCUT2D eigenvalue weighted by molar-refractivity contribution is 0.239. The standard InChI is InChI=1S/C19H32N6/c1-13-23-24-18-9-6-14(12-25(13)18)11-21-19(20-2)22-17-8-7-15-4-3-5-16(15)10-17/h14-17H,3-12H2,1-2H3,(H2,20,21,22). The van der Waals surface area contributed by atoms with Crippen molar-refractivity contribution in [1.82, 2.24) is 25.4 Å².